The maximum Gasteiger partial charge on any atom is 0.233 e. The van der Waals surface area contributed by atoms with Gasteiger partial charge in [-0.05, 0) is 32.2 Å². The molecule has 102 valence electrons. The van der Waals surface area contributed by atoms with Crippen molar-refractivity contribution in [2.75, 3.05) is 7.05 Å². The molecule has 3 heterocycles. The molecule has 20 heavy (non-hydrogen) atoms. The van der Waals surface area contributed by atoms with Crippen LogP contribution >= 0.6 is 0 Å². The lowest BCUT2D eigenvalue weighted by Crippen LogP contribution is -2.23. The van der Waals surface area contributed by atoms with E-state index in [-0.39, 0.29) is 6.04 Å². The zero-order valence-corrected chi connectivity index (χ0v) is 11.6. The van der Waals surface area contributed by atoms with Gasteiger partial charge in [-0.1, -0.05) is 6.07 Å². The molecule has 3 aromatic heterocycles. The van der Waals surface area contributed by atoms with Crippen molar-refractivity contribution in [2.24, 2.45) is 0 Å². The smallest absolute Gasteiger partial charge is 0.233 e. The average Bonchev–Trinajstić information content (AvgIpc) is 2.91. The van der Waals surface area contributed by atoms with E-state index in [0.29, 0.717) is 0 Å². The molecule has 0 unspecified atom stereocenters. The van der Waals surface area contributed by atoms with Crippen LogP contribution in [0.2, 0.25) is 0 Å². The summed E-state index contributed by atoms with van der Waals surface area (Å²) in [5, 5.41) is 0. The van der Waals surface area contributed by atoms with E-state index in [2.05, 4.69) is 39.9 Å². The van der Waals surface area contributed by atoms with Crippen molar-refractivity contribution in [3.63, 3.8) is 0 Å². The number of pyridine rings is 1. The number of imidazole rings is 1. The number of rotatable bonds is 4. The molecular formula is C15H17N5. The topological polar surface area (TPSA) is 46.3 Å². The SMILES string of the molecule is C[C@H](c1ccccn1)N(C)Cc1cnc2ncccn12. The molecule has 0 aliphatic carbocycles. The summed E-state index contributed by atoms with van der Waals surface area (Å²) < 4.78 is 2.02. The van der Waals surface area contributed by atoms with E-state index in [9.17, 15) is 0 Å². The third-order valence-electron chi connectivity index (χ3n) is 3.55. The van der Waals surface area contributed by atoms with Gasteiger partial charge in [0.25, 0.3) is 0 Å². The molecule has 3 rings (SSSR count). The van der Waals surface area contributed by atoms with Crippen LogP contribution in [0, 0.1) is 0 Å². The first-order chi connectivity index (χ1) is 9.75. The van der Waals surface area contributed by atoms with Crippen molar-refractivity contribution in [1.29, 1.82) is 0 Å². The Hall–Kier alpha value is -2.27. The highest BCUT2D eigenvalue weighted by atomic mass is 15.2. The molecule has 0 saturated carbocycles. The third-order valence-corrected chi connectivity index (χ3v) is 3.55. The van der Waals surface area contributed by atoms with Crippen LogP contribution in [-0.2, 0) is 6.54 Å². The van der Waals surface area contributed by atoms with Crippen LogP contribution in [0.25, 0.3) is 5.78 Å². The molecule has 0 spiro atoms. The fraction of sp³-hybridized carbons (Fsp3) is 0.267. The number of aromatic nitrogens is 4. The van der Waals surface area contributed by atoms with Crippen molar-refractivity contribution in [3.05, 3.63) is 60.4 Å². The van der Waals surface area contributed by atoms with Crippen LogP contribution in [0.1, 0.15) is 24.4 Å². The van der Waals surface area contributed by atoms with Gasteiger partial charge in [0, 0.05) is 31.2 Å². The molecular weight excluding hydrogens is 250 g/mol. The lowest BCUT2D eigenvalue weighted by molar-refractivity contribution is 0.245. The van der Waals surface area contributed by atoms with E-state index >= 15 is 0 Å². The Balaban J connectivity index is 1.80. The summed E-state index contributed by atoms with van der Waals surface area (Å²) in [7, 11) is 2.09. The van der Waals surface area contributed by atoms with E-state index in [1.54, 1.807) is 6.20 Å². The Bertz CT molecular complexity index is 692. The summed E-state index contributed by atoms with van der Waals surface area (Å²) in [5.41, 5.74) is 2.19. The molecule has 0 bridgehead atoms. The van der Waals surface area contributed by atoms with Gasteiger partial charge in [0.1, 0.15) is 0 Å². The van der Waals surface area contributed by atoms with Gasteiger partial charge in [-0.3, -0.25) is 14.3 Å². The molecule has 0 amide bonds. The average molecular weight is 267 g/mol. The summed E-state index contributed by atoms with van der Waals surface area (Å²) in [5.74, 6) is 0.737. The van der Waals surface area contributed by atoms with Gasteiger partial charge >= 0.3 is 0 Å². The number of hydrogen-bond acceptors (Lipinski definition) is 4. The fourth-order valence-corrected chi connectivity index (χ4v) is 2.24. The fourth-order valence-electron chi connectivity index (χ4n) is 2.24. The summed E-state index contributed by atoms with van der Waals surface area (Å²) >= 11 is 0. The Labute approximate surface area is 117 Å². The van der Waals surface area contributed by atoms with Crippen molar-refractivity contribution < 1.29 is 0 Å². The largest absolute Gasteiger partial charge is 0.292 e. The maximum atomic E-state index is 4.41. The predicted molar refractivity (Wildman–Crippen MR) is 77.1 cm³/mol. The van der Waals surface area contributed by atoms with Gasteiger partial charge in [0.05, 0.1) is 17.6 Å². The lowest BCUT2D eigenvalue weighted by atomic mass is 10.2. The summed E-state index contributed by atoms with van der Waals surface area (Å²) in [6, 6.07) is 8.17. The molecule has 5 heteroatoms. The molecule has 5 nitrogen and oxygen atoms in total. The molecule has 1 atom stereocenters. The molecule has 0 fully saturated rings. The third kappa shape index (κ3) is 2.40. The van der Waals surface area contributed by atoms with E-state index in [4.69, 9.17) is 0 Å². The zero-order valence-electron chi connectivity index (χ0n) is 11.6. The van der Waals surface area contributed by atoms with Gasteiger partial charge in [-0.2, -0.15) is 0 Å². The minimum atomic E-state index is 0.249. The highest BCUT2D eigenvalue weighted by Gasteiger charge is 2.14. The van der Waals surface area contributed by atoms with Crippen LogP contribution in [0.4, 0.5) is 0 Å². The molecule has 0 N–H and O–H groups in total. The van der Waals surface area contributed by atoms with Crippen molar-refractivity contribution >= 4 is 5.78 Å². The van der Waals surface area contributed by atoms with Crippen LogP contribution in [-0.4, -0.2) is 31.3 Å². The maximum absolute atomic E-state index is 4.41. The van der Waals surface area contributed by atoms with Crippen LogP contribution < -0.4 is 0 Å². The van der Waals surface area contributed by atoms with Crippen molar-refractivity contribution in [1.82, 2.24) is 24.3 Å². The van der Waals surface area contributed by atoms with E-state index < -0.39 is 0 Å². The molecule has 3 aromatic rings. The van der Waals surface area contributed by atoms with Gasteiger partial charge < -0.3 is 0 Å². The number of fused-ring (bicyclic) bond motifs is 1. The number of hydrogen-bond donors (Lipinski definition) is 0. The van der Waals surface area contributed by atoms with Crippen molar-refractivity contribution in [2.45, 2.75) is 19.5 Å². The minimum Gasteiger partial charge on any atom is -0.292 e. The lowest BCUT2D eigenvalue weighted by Gasteiger charge is -2.23. The normalized spacial score (nSPS) is 12.9. The molecule has 0 aliphatic heterocycles. The second kappa shape index (κ2) is 5.38. The predicted octanol–water partition coefficient (Wildman–Crippen LogP) is 2.32. The van der Waals surface area contributed by atoms with Crippen LogP contribution in [0.5, 0.6) is 0 Å². The van der Waals surface area contributed by atoms with Gasteiger partial charge in [0.2, 0.25) is 5.78 Å². The second-order valence-electron chi connectivity index (χ2n) is 4.88. The highest BCUT2D eigenvalue weighted by Crippen LogP contribution is 2.18. The minimum absolute atomic E-state index is 0.249. The standard InChI is InChI=1S/C15H17N5/c1-12(14-6-3-4-7-16-14)19(2)11-13-10-18-15-17-8-5-9-20(13)15/h3-10,12H,11H2,1-2H3/t12-/m1/s1. The van der Waals surface area contributed by atoms with Gasteiger partial charge in [-0.25, -0.2) is 9.97 Å². The summed E-state index contributed by atoms with van der Waals surface area (Å²) in [6.07, 6.45) is 7.46. The van der Waals surface area contributed by atoms with Gasteiger partial charge in [-0.15, -0.1) is 0 Å². The molecule has 0 radical (unpaired) electrons. The van der Waals surface area contributed by atoms with Crippen LogP contribution in [0.3, 0.4) is 0 Å². The van der Waals surface area contributed by atoms with E-state index in [0.717, 1.165) is 23.7 Å². The van der Waals surface area contributed by atoms with E-state index in [1.807, 2.05) is 41.2 Å². The highest BCUT2D eigenvalue weighted by molar-refractivity contribution is 5.30. The molecule has 0 aromatic carbocycles. The Morgan fingerprint density at radius 3 is 2.80 bits per heavy atom. The second-order valence-corrected chi connectivity index (χ2v) is 4.88. The monoisotopic (exact) mass is 267 g/mol. The molecule has 0 aliphatic rings. The Kier molecular flexibility index (Phi) is 3.43. The molecule has 0 saturated heterocycles. The number of nitrogens with zero attached hydrogens (tertiary/aromatic N) is 5. The summed E-state index contributed by atoms with van der Waals surface area (Å²) in [6.45, 7) is 2.95. The first kappa shape index (κ1) is 12.7. The van der Waals surface area contributed by atoms with Gasteiger partial charge in [0.15, 0.2) is 0 Å². The summed E-state index contributed by atoms with van der Waals surface area (Å²) in [4.78, 5) is 15.2. The zero-order chi connectivity index (χ0) is 13.9. The van der Waals surface area contributed by atoms with Crippen molar-refractivity contribution in [3.8, 4) is 0 Å². The first-order valence-corrected chi connectivity index (χ1v) is 6.64. The Morgan fingerprint density at radius 1 is 1.15 bits per heavy atom. The first-order valence-electron chi connectivity index (χ1n) is 6.64. The Morgan fingerprint density at radius 2 is 2.00 bits per heavy atom. The van der Waals surface area contributed by atoms with E-state index in [1.165, 1.54) is 0 Å². The quantitative estimate of drug-likeness (QED) is 0.728. The van der Waals surface area contributed by atoms with Crippen LogP contribution in [0.15, 0.2) is 49.1 Å².